The van der Waals surface area contributed by atoms with Gasteiger partial charge >= 0.3 is 0 Å². The number of imide groups is 1. The van der Waals surface area contributed by atoms with Gasteiger partial charge in [-0.25, -0.2) is 4.90 Å². The van der Waals surface area contributed by atoms with Gasteiger partial charge in [-0.15, -0.1) is 0 Å². The quantitative estimate of drug-likeness (QED) is 0.598. The minimum absolute atomic E-state index is 0.0326. The summed E-state index contributed by atoms with van der Waals surface area (Å²) in [6.07, 6.45) is 10.8. The number of hydrogen-bond acceptors (Lipinski definition) is 3. The zero-order valence-electron chi connectivity index (χ0n) is 16.2. The van der Waals surface area contributed by atoms with Crippen molar-refractivity contribution in [1.82, 2.24) is 4.90 Å². The molecule has 0 radical (unpaired) electrons. The van der Waals surface area contributed by atoms with Gasteiger partial charge in [0, 0.05) is 18.7 Å². The number of benzene rings is 1. The fourth-order valence-corrected chi connectivity index (χ4v) is 5.77. The highest BCUT2D eigenvalue weighted by Crippen LogP contribution is 2.53. The van der Waals surface area contributed by atoms with Crippen LogP contribution in [0.4, 0.5) is 5.69 Å². The number of hydrogen-bond donors (Lipinski definition) is 0. The number of nitrogens with zero attached hydrogens (tertiary/aromatic N) is 2. The molecular formula is C23H26N2O3. The molecule has 1 saturated heterocycles. The molecule has 5 nitrogen and oxygen atoms in total. The maximum absolute atomic E-state index is 13.0. The van der Waals surface area contributed by atoms with E-state index in [4.69, 9.17) is 0 Å². The largest absolute Gasteiger partial charge is 0.339 e. The lowest BCUT2D eigenvalue weighted by Gasteiger charge is -2.31. The summed E-state index contributed by atoms with van der Waals surface area (Å²) < 4.78 is 0. The highest BCUT2D eigenvalue weighted by Gasteiger charge is 2.59. The lowest BCUT2D eigenvalue weighted by molar-refractivity contribution is -0.123. The molecule has 4 aliphatic rings. The first-order valence-electron chi connectivity index (χ1n) is 10.5. The Bertz CT molecular complexity index is 840. The van der Waals surface area contributed by atoms with Crippen molar-refractivity contribution in [2.45, 2.75) is 44.6 Å². The van der Waals surface area contributed by atoms with Crippen molar-refractivity contribution in [1.29, 1.82) is 0 Å². The number of anilines is 1. The van der Waals surface area contributed by atoms with E-state index in [1.165, 1.54) is 11.3 Å². The fourth-order valence-electron chi connectivity index (χ4n) is 5.77. The molecule has 5 heteroatoms. The Morgan fingerprint density at radius 2 is 1.64 bits per heavy atom. The van der Waals surface area contributed by atoms with Gasteiger partial charge < -0.3 is 4.90 Å². The minimum atomic E-state index is -0.216. The molecule has 1 aromatic rings. The third-order valence-corrected chi connectivity index (χ3v) is 7.26. The standard InChI is InChI=1S/C23H26N2O3/c1-24(17-7-3-2-4-8-17)21(26)16-6-5-9-18(13-16)25-22(27)19-14-10-11-15(12-14)20(19)23(25)28/h5-6,9-11,13-15,17,19-20H,2-4,7-8,12H2,1H3/t14-,15-,19-,20+/m0/s1. The molecule has 3 aliphatic carbocycles. The zero-order chi connectivity index (χ0) is 19.4. The Kier molecular flexibility index (Phi) is 4.14. The fraction of sp³-hybridized carbons (Fsp3) is 0.522. The van der Waals surface area contributed by atoms with Crippen molar-refractivity contribution in [2.75, 3.05) is 11.9 Å². The van der Waals surface area contributed by atoms with Crippen LogP contribution in [-0.4, -0.2) is 35.7 Å². The molecule has 2 saturated carbocycles. The normalized spacial score (nSPS) is 31.5. The molecule has 3 amide bonds. The predicted molar refractivity (Wildman–Crippen MR) is 106 cm³/mol. The van der Waals surface area contributed by atoms with E-state index in [-0.39, 0.29) is 47.4 Å². The Hall–Kier alpha value is -2.43. The van der Waals surface area contributed by atoms with Crippen LogP contribution in [0.2, 0.25) is 0 Å². The van der Waals surface area contributed by atoms with Crippen LogP contribution in [0.1, 0.15) is 48.9 Å². The van der Waals surface area contributed by atoms with Crippen molar-refractivity contribution in [3.8, 4) is 0 Å². The van der Waals surface area contributed by atoms with Crippen LogP contribution in [0.15, 0.2) is 36.4 Å². The van der Waals surface area contributed by atoms with Gasteiger partial charge in [-0.05, 0) is 49.3 Å². The highest BCUT2D eigenvalue weighted by molar-refractivity contribution is 6.23. The van der Waals surface area contributed by atoms with Crippen LogP contribution in [0.5, 0.6) is 0 Å². The second-order valence-electron chi connectivity index (χ2n) is 8.77. The van der Waals surface area contributed by atoms with E-state index >= 15 is 0 Å². The molecule has 1 aliphatic heterocycles. The molecular weight excluding hydrogens is 352 g/mol. The molecule has 2 bridgehead atoms. The van der Waals surface area contributed by atoms with E-state index in [0.29, 0.717) is 11.3 Å². The van der Waals surface area contributed by atoms with E-state index in [1.807, 2.05) is 11.9 Å². The Balaban J connectivity index is 1.40. The number of amides is 3. The summed E-state index contributed by atoms with van der Waals surface area (Å²) in [5, 5.41) is 0. The van der Waals surface area contributed by atoms with Crippen LogP contribution in [0, 0.1) is 23.7 Å². The summed E-state index contributed by atoms with van der Waals surface area (Å²) in [4.78, 5) is 42.2. The van der Waals surface area contributed by atoms with Crippen LogP contribution in [-0.2, 0) is 9.59 Å². The summed E-state index contributed by atoms with van der Waals surface area (Å²) in [6.45, 7) is 0. The first-order chi connectivity index (χ1) is 13.6. The minimum Gasteiger partial charge on any atom is -0.339 e. The van der Waals surface area contributed by atoms with Gasteiger partial charge in [0.15, 0.2) is 0 Å². The van der Waals surface area contributed by atoms with E-state index in [2.05, 4.69) is 12.2 Å². The second kappa shape index (κ2) is 6.57. The molecule has 5 rings (SSSR count). The van der Waals surface area contributed by atoms with Crippen molar-refractivity contribution in [3.05, 3.63) is 42.0 Å². The Morgan fingerprint density at radius 3 is 2.29 bits per heavy atom. The molecule has 4 atom stereocenters. The Morgan fingerprint density at radius 1 is 1.00 bits per heavy atom. The number of allylic oxidation sites excluding steroid dienone is 2. The SMILES string of the molecule is CN(C(=O)c1cccc(N2C(=O)[C@@H]3[C@H](C2=O)[C@H]2C=C[C@H]3C2)c1)C1CCCCC1. The number of carbonyl (C=O) groups is 3. The molecule has 1 aromatic carbocycles. The van der Waals surface area contributed by atoms with Crippen molar-refractivity contribution in [3.63, 3.8) is 0 Å². The average molecular weight is 378 g/mol. The topological polar surface area (TPSA) is 57.7 Å². The molecule has 0 aromatic heterocycles. The van der Waals surface area contributed by atoms with E-state index in [9.17, 15) is 14.4 Å². The lowest BCUT2D eigenvalue weighted by Crippen LogP contribution is -2.38. The summed E-state index contributed by atoms with van der Waals surface area (Å²) in [5.74, 6) is -0.278. The lowest BCUT2D eigenvalue weighted by atomic mass is 9.85. The number of rotatable bonds is 3. The van der Waals surface area contributed by atoms with Crippen molar-refractivity contribution >= 4 is 23.4 Å². The smallest absolute Gasteiger partial charge is 0.253 e. The Labute approximate surface area is 165 Å². The third kappa shape index (κ3) is 2.55. The van der Waals surface area contributed by atoms with Crippen LogP contribution < -0.4 is 4.90 Å². The maximum atomic E-state index is 13.0. The zero-order valence-corrected chi connectivity index (χ0v) is 16.2. The van der Waals surface area contributed by atoms with Gasteiger partial charge in [0.2, 0.25) is 11.8 Å². The average Bonchev–Trinajstić information content (AvgIpc) is 3.41. The summed E-state index contributed by atoms with van der Waals surface area (Å²) in [6, 6.07) is 7.32. The first kappa shape index (κ1) is 17.7. The van der Waals surface area contributed by atoms with Crippen LogP contribution >= 0.6 is 0 Å². The second-order valence-corrected chi connectivity index (χ2v) is 8.77. The maximum Gasteiger partial charge on any atom is 0.253 e. The van der Waals surface area contributed by atoms with Crippen molar-refractivity contribution < 1.29 is 14.4 Å². The van der Waals surface area contributed by atoms with Gasteiger partial charge in [0.05, 0.1) is 17.5 Å². The molecule has 0 spiro atoms. The predicted octanol–water partition coefficient (Wildman–Crippen LogP) is 3.40. The molecule has 3 fully saturated rings. The van der Waals surface area contributed by atoms with Gasteiger partial charge in [0.1, 0.15) is 0 Å². The van der Waals surface area contributed by atoms with E-state index in [0.717, 1.165) is 32.1 Å². The summed E-state index contributed by atoms with van der Waals surface area (Å²) in [7, 11) is 1.87. The third-order valence-electron chi connectivity index (χ3n) is 7.26. The van der Waals surface area contributed by atoms with Gasteiger partial charge in [-0.2, -0.15) is 0 Å². The van der Waals surface area contributed by atoms with Crippen LogP contribution in [0.3, 0.4) is 0 Å². The van der Waals surface area contributed by atoms with Gasteiger partial charge in [-0.1, -0.05) is 37.5 Å². The van der Waals surface area contributed by atoms with Gasteiger partial charge in [0.25, 0.3) is 5.91 Å². The van der Waals surface area contributed by atoms with E-state index < -0.39 is 0 Å². The van der Waals surface area contributed by atoms with E-state index in [1.54, 1.807) is 24.3 Å². The summed E-state index contributed by atoms with van der Waals surface area (Å²) in [5.41, 5.74) is 1.08. The molecule has 1 heterocycles. The molecule has 28 heavy (non-hydrogen) atoms. The van der Waals surface area contributed by atoms with Crippen molar-refractivity contribution in [2.24, 2.45) is 23.7 Å². The van der Waals surface area contributed by atoms with Gasteiger partial charge in [-0.3, -0.25) is 14.4 Å². The monoisotopic (exact) mass is 378 g/mol. The first-order valence-corrected chi connectivity index (χ1v) is 10.5. The van der Waals surface area contributed by atoms with Crippen LogP contribution in [0.25, 0.3) is 0 Å². The number of fused-ring (bicyclic) bond motifs is 5. The highest BCUT2D eigenvalue weighted by atomic mass is 16.2. The number of carbonyl (C=O) groups excluding carboxylic acids is 3. The molecule has 0 N–H and O–H groups in total. The molecule has 146 valence electrons. The summed E-state index contributed by atoms with van der Waals surface area (Å²) >= 11 is 0. The molecule has 0 unspecified atom stereocenters.